The van der Waals surface area contributed by atoms with E-state index in [0.29, 0.717) is 10.3 Å². The average molecular weight is 360 g/mol. The van der Waals surface area contributed by atoms with E-state index in [2.05, 4.69) is 32.7 Å². The molecule has 3 rings (SSSR count). The predicted octanol–water partition coefficient (Wildman–Crippen LogP) is 2.77. The van der Waals surface area contributed by atoms with Crippen LogP contribution in [0.15, 0.2) is 28.7 Å². The maximum absolute atomic E-state index is 12.0. The Balaban J connectivity index is 1.67. The molecule has 2 aromatic heterocycles. The van der Waals surface area contributed by atoms with E-state index in [-0.39, 0.29) is 11.7 Å². The third kappa shape index (κ3) is 3.80. The van der Waals surface area contributed by atoms with Crippen LogP contribution in [-0.4, -0.2) is 36.9 Å². The Morgan fingerprint density at radius 1 is 1.29 bits per heavy atom. The van der Waals surface area contributed by atoms with Gasteiger partial charge in [-0.25, -0.2) is 4.98 Å². The number of thioether (sulfide) groups is 1. The quantitative estimate of drug-likeness (QED) is 0.704. The van der Waals surface area contributed by atoms with E-state index in [1.165, 1.54) is 28.7 Å². The number of tetrazole rings is 1. The smallest absolute Gasteiger partial charge is 0.236 e. The number of benzene rings is 1. The lowest BCUT2D eigenvalue weighted by Crippen LogP contribution is -2.14. The van der Waals surface area contributed by atoms with Crippen LogP contribution in [0.1, 0.15) is 16.8 Å². The van der Waals surface area contributed by atoms with Crippen LogP contribution in [-0.2, 0) is 4.79 Å². The largest absolute Gasteiger partial charge is 0.301 e. The Bertz CT molecular complexity index is 872. The van der Waals surface area contributed by atoms with Gasteiger partial charge < -0.3 is 5.32 Å². The number of aromatic nitrogens is 5. The van der Waals surface area contributed by atoms with Gasteiger partial charge in [-0.2, -0.15) is 4.68 Å². The molecule has 0 aliphatic rings. The zero-order valence-corrected chi connectivity index (χ0v) is 15.1. The number of hydrogen-bond donors (Lipinski definition) is 1. The Kier molecular flexibility index (Phi) is 4.91. The molecule has 24 heavy (non-hydrogen) atoms. The molecule has 3 aromatic rings. The van der Waals surface area contributed by atoms with Gasteiger partial charge in [0.1, 0.15) is 0 Å². The van der Waals surface area contributed by atoms with Crippen molar-refractivity contribution in [2.75, 3.05) is 11.1 Å². The first-order valence-corrected chi connectivity index (χ1v) is 9.10. The zero-order chi connectivity index (χ0) is 17.1. The molecular formula is C15H16N6OS2. The Labute approximate surface area is 147 Å². The van der Waals surface area contributed by atoms with Crippen LogP contribution in [0.5, 0.6) is 0 Å². The monoisotopic (exact) mass is 360 g/mol. The zero-order valence-electron chi connectivity index (χ0n) is 13.5. The van der Waals surface area contributed by atoms with Crippen LogP contribution < -0.4 is 5.32 Å². The van der Waals surface area contributed by atoms with Crippen LogP contribution >= 0.6 is 23.1 Å². The van der Waals surface area contributed by atoms with Crippen molar-refractivity contribution in [2.45, 2.75) is 25.9 Å². The van der Waals surface area contributed by atoms with Crippen molar-refractivity contribution in [1.82, 2.24) is 25.2 Å². The second-order valence-corrected chi connectivity index (χ2v) is 7.07. The van der Waals surface area contributed by atoms with Gasteiger partial charge in [0.2, 0.25) is 11.1 Å². The van der Waals surface area contributed by atoms with E-state index < -0.39 is 0 Å². The molecule has 0 bridgehead atoms. The van der Waals surface area contributed by atoms with Crippen molar-refractivity contribution in [1.29, 1.82) is 0 Å². The molecule has 0 spiro atoms. The summed E-state index contributed by atoms with van der Waals surface area (Å²) in [5.41, 5.74) is 4.14. The first kappa shape index (κ1) is 16.6. The van der Waals surface area contributed by atoms with E-state index in [0.717, 1.165) is 16.9 Å². The van der Waals surface area contributed by atoms with Crippen LogP contribution in [0.3, 0.4) is 0 Å². The second-order valence-electron chi connectivity index (χ2n) is 5.27. The lowest BCUT2D eigenvalue weighted by atomic mass is 10.1. The first-order chi connectivity index (χ1) is 11.5. The summed E-state index contributed by atoms with van der Waals surface area (Å²) in [6.07, 6.45) is 0. The summed E-state index contributed by atoms with van der Waals surface area (Å²) >= 11 is 2.69. The molecule has 1 N–H and O–H groups in total. The summed E-state index contributed by atoms with van der Waals surface area (Å²) in [5.74, 6) is 0.0769. The third-order valence-corrected chi connectivity index (χ3v) is 5.17. The van der Waals surface area contributed by atoms with Crippen molar-refractivity contribution in [3.63, 3.8) is 0 Å². The molecular weight excluding hydrogens is 344 g/mol. The molecule has 1 amide bonds. The number of amides is 1. The first-order valence-electron chi connectivity index (χ1n) is 7.24. The highest BCUT2D eigenvalue weighted by molar-refractivity contribution is 7.99. The second kappa shape index (κ2) is 7.10. The standard InChI is InChI=1S/C15H16N6OS2/c1-9-4-5-12(6-10(9)2)21-15(18-19-20-21)24-8-13(22)17-14-16-11(3)7-23-14/h4-7H,8H2,1-3H3,(H,16,17,22). The van der Waals surface area contributed by atoms with Gasteiger partial charge in [-0.05, 0) is 54.5 Å². The lowest BCUT2D eigenvalue weighted by molar-refractivity contribution is -0.113. The number of carbonyl (C=O) groups is 1. The number of aryl methyl sites for hydroxylation is 3. The SMILES string of the molecule is Cc1csc(NC(=O)CSc2nnnn2-c2ccc(C)c(C)c2)n1. The fraction of sp³-hybridized carbons (Fsp3) is 0.267. The maximum atomic E-state index is 12.0. The van der Waals surface area contributed by atoms with Crippen molar-refractivity contribution < 1.29 is 4.79 Å². The Hall–Kier alpha value is -2.26. The lowest BCUT2D eigenvalue weighted by Gasteiger charge is -2.06. The van der Waals surface area contributed by atoms with Gasteiger partial charge in [0.15, 0.2) is 5.13 Å². The molecule has 9 heteroatoms. The van der Waals surface area contributed by atoms with E-state index in [4.69, 9.17) is 0 Å². The highest BCUT2D eigenvalue weighted by Gasteiger charge is 2.13. The summed E-state index contributed by atoms with van der Waals surface area (Å²) in [6.45, 7) is 5.98. The molecule has 0 aliphatic carbocycles. The minimum Gasteiger partial charge on any atom is -0.301 e. The molecule has 0 unspecified atom stereocenters. The van der Waals surface area contributed by atoms with Crippen LogP contribution in [0.4, 0.5) is 5.13 Å². The highest BCUT2D eigenvalue weighted by atomic mass is 32.2. The van der Waals surface area contributed by atoms with E-state index >= 15 is 0 Å². The van der Waals surface area contributed by atoms with Crippen molar-refractivity contribution in [3.8, 4) is 5.69 Å². The molecule has 0 fully saturated rings. The fourth-order valence-electron chi connectivity index (χ4n) is 1.99. The van der Waals surface area contributed by atoms with E-state index in [1.807, 2.05) is 37.4 Å². The molecule has 1 aromatic carbocycles. The molecule has 124 valence electrons. The number of thiazole rings is 1. The van der Waals surface area contributed by atoms with Gasteiger partial charge >= 0.3 is 0 Å². The third-order valence-electron chi connectivity index (χ3n) is 3.37. The fourth-order valence-corrected chi connectivity index (χ4v) is 3.38. The summed E-state index contributed by atoms with van der Waals surface area (Å²) in [6, 6.07) is 6.01. The Morgan fingerprint density at radius 2 is 2.12 bits per heavy atom. The molecule has 2 heterocycles. The van der Waals surface area contributed by atoms with Crippen molar-refractivity contribution in [2.24, 2.45) is 0 Å². The minimum absolute atomic E-state index is 0.135. The molecule has 0 radical (unpaired) electrons. The van der Waals surface area contributed by atoms with Gasteiger partial charge in [0, 0.05) is 5.38 Å². The summed E-state index contributed by atoms with van der Waals surface area (Å²) < 4.78 is 1.64. The van der Waals surface area contributed by atoms with Crippen molar-refractivity contribution >= 4 is 34.1 Å². The van der Waals surface area contributed by atoms with Gasteiger partial charge in [0.25, 0.3) is 0 Å². The predicted molar refractivity (Wildman–Crippen MR) is 94.8 cm³/mol. The molecule has 0 aliphatic heterocycles. The van der Waals surface area contributed by atoms with Crippen LogP contribution in [0, 0.1) is 20.8 Å². The van der Waals surface area contributed by atoms with E-state index in [1.54, 1.807) is 4.68 Å². The molecule has 0 saturated carbocycles. The van der Waals surface area contributed by atoms with E-state index in [9.17, 15) is 4.79 Å². The van der Waals surface area contributed by atoms with Crippen molar-refractivity contribution in [3.05, 3.63) is 40.4 Å². The highest BCUT2D eigenvalue weighted by Crippen LogP contribution is 2.21. The number of carbonyl (C=O) groups excluding carboxylic acids is 1. The van der Waals surface area contributed by atoms with Gasteiger partial charge in [-0.3, -0.25) is 4.79 Å². The number of hydrogen-bond acceptors (Lipinski definition) is 7. The Morgan fingerprint density at radius 3 is 2.83 bits per heavy atom. The van der Waals surface area contributed by atoms with Gasteiger partial charge in [0.05, 0.1) is 17.1 Å². The number of rotatable bonds is 5. The van der Waals surface area contributed by atoms with Gasteiger partial charge in [-0.15, -0.1) is 16.4 Å². The summed E-state index contributed by atoms with van der Waals surface area (Å²) in [5, 5.41) is 17.6. The molecule has 0 saturated heterocycles. The topological polar surface area (TPSA) is 85.6 Å². The molecule has 7 nitrogen and oxygen atoms in total. The maximum Gasteiger partial charge on any atom is 0.236 e. The molecule has 0 atom stereocenters. The number of nitrogens with zero attached hydrogens (tertiary/aromatic N) is 5. The summed E-state index contributed by atoms with van der Waals surface area (Å²) in [4.78, 5) is 16.2. The van der Waals surface area contributed by atoms with Crippen LogP contribution in [0.2, 0.25) is 0 Å². The van der Waals surface area contributed by atoms with Crippen LogP contribution in [0.25, 0.3) is 5.69 Å². The summed E-state index contributed by atoms with van der Waals surface area (Å²) in [7, 11) is 0. The number of nitrogens with one attached hydrogen (secondary N) is 1. The van der Waals surface area contributed by atoms with Gasteiger partial charge in [-0.1, -0.05) is 17.8 Å². The minimum atomic E-state index is -0.135. The average Bonchev–Trinajstić information content (AvgIpc) is 3.17. The normalized spacial score (nSPS) is 10.8. The number of anilines is 1.